The molecule has 1 rings (SSSR count). The van der Waals surface area contributed by atoms with Crippen molar-refractivity contribution in [1.82, 2.24) is 5.32 Å². The molecule has 1 aliphatic carbocycles. The van der Waals surface area contributed by atoms with E-state index in [0.717, 1.165) is 12.8 Å². The van der Waals surface area contributed by atoms with Crippen LogP contribution in [0.15, 0.2) is 0 Å². The Morgan fingerprint density at radius 3 is 2.32 bits per heavy atom. The molecule has 0 amide bonds. The summed E-state index contributed by atoms with van der Waals surface area (Å²) in [4.78, 5) is 11.9. The van der Waals surface area contributed by atoms with Crippen LogP contribution in [0.3, 0.4) is 0 Å². The molecule has 4 heteroatoms. The van der Waals surface area contributed by atoms with Gasteiger partial charge in [0.25, 0.3) is 0 Å². The van der Waals surface area contributed by atoms with Crippen LogP contribution in [0.1, 0.15) is 59.3 Å². The highest BCUT2D eigenvalue weighted by Gasteiger charge is 2.33. The summed E-state index contributed by atoms with van der Waals surface area (Å²) in [5, 5.41) is 3.33. The van der Waals surface area contributed by atoms with Crippen molar-refractivity contribution in [3.05, 3.63) is 0 Å². The lowest BCUT2D eigenvalue weighted by Gasteiger charge is -2.36. The Hall–Kier alpha value is -0.610. The van der Waals surface area contributed by atoms with E-state index in [-0.39, 0.29) is 17.1 Å². The minimum Gasteiger partial charge on any atom is -0.463 e. The number of nitrogens with one attached hydrogen (secondary N) is 1. The molecule has 19 heavy (non-hydrogen) atoms. The number of carbonyl (C=O) groups excluding carboxylic acids is 1. The van der Waals surface area contributed by atoms with Crippen LogP contribution in [-0.4, -0.2) is 37.4 Å². The van der Waals surface area contributed by atoms with E-state index in [1.165, 1.54) is 19.3 Å². The minimum absolute atomic E-state index is 0.0415. The molecule has 0 aromatic carbocycles. The lowest BCUT2D eigenvalue weighted by atomic mass is 9.79. The minimum atomic E-state index is -0.179. The van der Waals surface area contributed by atoms with Gasteiger partial charge in [0.15, 0.2) is 0 Å². The van der Waals surface area contributed by atoms with Crippen molar-refractivity contribution in [3.63, 3.8) is 0 Å². The zero-order valence-electron chi connectivity index (χ0n) is 12.9. The fourth-order valence-corrected chi connectivity index (χ4v) is 2.57. The molecule has 0 heterocycles. The molecule has 1 fully saturated rings. The van der Waals surface area contributed by atoms with Crippen LogP contribution in [0.5, 0.6) is 0 Å². The highest BCUT2D eigenvalue weighted by Crippen LogP contribution is 2.30. The van der Waals surface area contributed by atoms with Gasteiger partial charge >= 0.3 is 5.97 Å². The summed E-state index contributed by atoms with van der Waals surface area (Å²) < 4.78 is 10.8. The number of esters is 1. The van der Waals surface area contributed by atoms with Crippen molar-refractivity contribution in [2.24, 2.45) is 0 Å². The Morgan fingerprint density at radius 1 is 1.16 bits per heavy atom. The predicted molar refractivity (Wildman–Crippen MR) is 76.2 cm³/mol. The lowest BCUT2D eigenvalue weighted by Crippen LogP contribution is -2.46. The van der Waals surface area contributed by atoms with Gasteiger partial charge in [0.1, 0.15) is 6.61 Å². The Labute approximate surface area is 117 Å². The molecule has 1 aliphatic rings. The van der Waals surface area contributed by atoms with E-state index < -0.39 is 0 Å². The van der Waals surface area contributed by atoms with Crippen molar-refractivity contribution >= 4 is 5.97 Å². The summed E-state index contributed by atoms with van der Waals surface area (Å²) in [5.74, 6) is -0.117. The van der Waals surface area contributed by atoms with E-state index in [1.807, 2.05) is 27.8 Å². The van der Waals surface area contributed by atoms with E-state index >= 15 is 0 Å². The van der Waals surface area contributed by atoms with Gasteiger partial charge in [-0.1, -0.05) is 19.3 Å². The van der Waals surface area contributed by atoms with Crippen molar-refractivity contribution in [3.8, 4) is 0 Å². The number of rotatable bonds is 6. The third kappa shape index (κ3) is 6.39. The van der Waals surface area contributed by atoms with E-state index in [4.69, 9.17) is 9.47 Å². The second-order valence-corrected chi connectivity index (χ2v) is 6.45. The molecule has 0 aromatic rings. The van der Waals surface area contributed by atoms with Gasteiger partial charge in [-0.3, -0.25) is 4.79 Å². The molecule has 112 valence electrons. The number of ether oxygens (including phenoxy) is 2. The average molecular weight is 271 g/mol. The molecule has 0 atom stereocenters. The first-order valence-corrected chi connectivity index (χ1v) is 7.35. The molecule has 0 aromatic heterocycles. The van der Waals surface area contributed by atoms with Gasteiger partial charge < -0.3 is 14.8 Å². The van der Waals surface area contributed by atoms with Crippen molar-refractivity contribution in [1.29, 1.82) is 0 Å². The van der Waals surface area contributed by atoms with Crippen LogP contribution < -0.4 is 5.32 Å². The van der Waals surface area contributed by atoms with Crippen molar-refractivity contribution in [2.75, 3.05) is 20.3 Å². The summed E-state index contributed by atoms with van der Waals surface area (Å²) in [5.41, 5.74) is -0.220. The van der Waals surface area contributed by atoms with E-state index in [0.29, 0.717) is 19.6 Å². The second-order valence-electron chi connectivity index (χ2n) is 6.45. The van der Waals surface area contributed by atoms with Crippen LogP contribution in [0.2, 0.25) is 0 Å². The smallest absolute Gasteiger partial charge is 0.307 e. The van der Waals surface area contributed by atoms with Crippen LogP contribution in [-0.2, 0) is 14.3 Å². The molecule has 0 unspecified atom stereocenters. The summed E-state index contributed by atoms with van der Waals surface area (Å²) in [6.07, 6.45) is 6.27. The van der Waals surface area contributed by atoms with Gasteiger partial charge in [-0.15, -0.1) is 0 Å². The Morgan fingerprint density at radius 2 is 1.79 bits per heavy atom. The van der Waals surface area contributed by atoms with E-state index in [9.17, 15) is 4.79 Å². The Kier molecular flexibility index (Phi) is 6.27. The maximum Gasteiger partial charge on any atom is 0.307 e. The van der Waals surface area contributed by atoms with Crippen LogP contribution in [0.4, 0.5) is 0 Å². The SMILES string of the molecule is CNC1(CC(=O)OCCOC(C)(C)C)CCCCC1. The lowest BCUT2D eigenvalue weighted by molar-refractivity contribution is -0.149. The van der Waals surface area contributed by atoms with Gasteiger partial charge in [0.05, 0.1) is 18.6 Å². The predicted octanol–water partition coefficient (Wildman–Crippen LogP) is 2.66. The number of hydrogen-bond donors (Lipinski definition) is 1. The molecule has 1 N–H and O–H groups in total. The average Bonchev–Trinajstić information content (AvgIpc) is 2.35. The molecule has 0 aliphatic heterocycles. The van der Waals surface area contributed by atoms with Crippen LogP contribution in [0.25, 0.3) is 0 Å². The molecule has 0 saturated heterocycles. The van der Waals surface area contributed by atoms with E-state index in [2.05, 4.69) is 5.32 Å². The fourth-order valence-electron chi connectivity index (χ4n) is 2.57. The monoisotopic (exact) mass is 271 g/mol. The Balaban J connectivity index is 2.26. The highest BCUT2D eigenvalue weighted by molar-refractivity contribution is 5.71. The summed E-state index contributed by atoms with van der Waals surface area (Å²) in [6.45, 7) is 6.78. The molecule has 0 bridgehead atoms. The summed E-state index contributed by atoms with van der Waals surface area (Å²) >= 11 is 0. The van der Waals surface area contributed by atoms with Gasteiger partial charge in [-0.05, 0) is 40.7 Å². The third-order valence-electron chi connectivity index (χ3n) is 3.71. The molecule has 1 saturated carbocycles. The first-order chi connectivity index (χ1) is 8.87. The first kappa shape index (κ1) is 16.4. The second kappa shape index (κ2) is 7.25. The van der Waals surface area contributed by atoms with Crippen LogP contribution >= 0.6 is 0 Å². The molecular weight excluding hydrogens is 242 g/mol. The van der Waals surface area contributed by atoms with Gasteiger partial charge in [-0.2, -0.15) is 0 Å². The van der Waals surface area contributed by atoms with Gasteiger partial charge in [0, 0.05) is 5.54 Å². The topological polar surface area (TPSA) is 47.6 Å². The maximum absolute atomic E-state index is 11.9. The zero-order chi connectivity index (χ0) is 14.4. The molecule has 4 nitrogen and oxygen atoms in total. The molecular formula is C15H29NO3. The molecule has 0 spiro atoms. The standard InChI is InChI=1S/C15H29NO3/c1-14(2,3)19-11-10-18-13(17)12-15(16-4)8-6-5-7-9-15/h16H,5-12H2,1-4H3. The van der Waals surface area contributed by atoms with Crippen molar-refractivity contribution in [2.45, 2.75) is 70.4 Å². The normalized spacial score (nSPS) is 19.2. The fraction of sp³-hybridized carbons (Fsp3) is 0.933. The quantitative estimate of drug-likeness (QED) is 0.596. The largest absolute Gasteiger partial charge is 0.463 e. The van der Waals surface area contributed by atoms with E-state index in [1.54, 1.807) is 0 Å². The first-order valence-electron chi connectivity index (χ1n) is 7.35. The van der Waals surface area contributed by atoms with Gasteiger partial charge in [-0.25, -0.2) is 0 Å². The third-order valence-corrected chi connectivity index (χ3v) is 3.71. The van der Waals surface area contributed by atoms with Gasteiger partial charge in [0.2, 0.25) is 0 Å². The van der Waals surface area contributed by atoms with Crippen molar-refractivity contribution < 1.29 is 14.3 Å². The Bertz CT molecular complexity index is 278. The number of hydrogen-bond acceptors (Lipinski definition) is 4. The zero-order valence-corrected chi connectivity index (χ0v) is 12.9. The summed E-state index contributed by atoms with van der Waals surface area (Å²) in [7, 11) is 1.95. The molecule has 0 radical (unpaired) electrons. The number of carbonyl (C=O) groups is 1. The van der Waals surface area contributed by atoms with Crippen LogP contribution in [0, 0.1) is 0 Å². The summed E-state index contributed by atoms with van der Waals surface area (Å²) in [6, 6.07) is 0. The highest BCUT2D eigenvalue weighted by atomic mass is 16.6. The maximum atomic E-state index is 11.9.